The summed E-state index contributed by atoms with van der Waals surface area (Å²) in [6.07, 6.45) is 6.49. The number of likely N-dealkylation sites (tertiary alicyclic amines) is 1. The fourth-order valence-electron chi connectivity index (χ4n) is 3.70. The van der Waals surface area contributed by atoms with E-state index < -0.39 is 5.60 Å². The Morgan fingerprint density at radius 2 is 1.79 bits per heavy atom. The quantitative estimate of drug-likeness (QED) is 0.853. The molecule has 2 aliphatic rings. The van der Waals surface area contributed by atoms with Gasteiger partial charge in [-0.25, -0.2) is 14.8 Å². The molecule has 3 heterocycles. The highest BCUT2D eigenvalue weighted by molar-refractivity contribution is 5.79. The van der Waals surface area contributed by atoms with Crippen molar-refractivity contribution in [3.8, 4) is 0 Å². The molecule has 3 rings (SSSR count). The third kappa shape index (κ3) is 5.56. The summed E-state index contributed by atoms with van der Waals surface area (Å²) in [4.78, 5) is 37.3. The third-order valence-electron chi connectivity index (χ3n) is 5.12. The lowest BCUT2D eigenvalue weighted by Gasteiger charge is -2.36. The number of piperidine rings is 2. The van der Waals surface area contributed by atoms with Gasteiger partial charge in [-0.3, -0.25) is 4.79 Å². The van der Waals surface area contributed by atoms with Crippen LogP contribution in [0.25, 0.3) is 0 Å². The number of nitrogens with zero attached hydrogens (tertiary/aromatic N) is 4. The Hall–Kier alpha value is -2.38. The molecule has 2 amide bonds. The maximum atomic E-state index is 12.7. The van der Waals surface area contributed by atoms with Gasteiger partial charge in [0.1, 0.15) is 5.60 Å². The second-order valence-corrected chi connectivity index (χ2v) is 8.58. The fourth-order valence-corrected chi connectivity index (χ4v) is 3.70. The third-order valence-corrected chi connectivity index (χ3v) is 5.12. The highest BCUT2D eigenvalue weighted by atomic mass is 16.6. The van der Waals surface area contributed by atoms with Gasteiger partial charge in [-0.15, -0.1) is 0 Å². The van der Waals surface area contributed by atoms with Gasteiger partial charge in [0.15, 0.2) is 0 Å². The number of carbonyl (C=O) groups excluding carboxylic acids is 2. The normalized spacial score (nSPS) is 21.3. The van der Waals surface area contributed by atoms with Crippen molar-refractivity contribution in [2.75, 3.05) is 31.1 Å². The number of hydrogen-bond acceptors (Lipinski definition) is 6. The lowest BCUT2D eigenvalue weighted by molar-refractivity contribution is -0.127. The van der Waals surface area contributed by atoms with Crippen molar-refractivity contribution in [1.29, 1.82) is 0 Å². The predicted molar refractivity (Wildman–Crippen MR) is 106 cm³/mol. The Kier molecular flexibility index (Phi) is 6.36. The predicted octanol–water partition coefficient (Wildman–Crippen LogP) is 2.21. The van der Waals surface area contributed by atoms with Crippen LogP contribution in [-0.2, 0) is 9.53 Å². The Labute approximate surface area is 166 Å². The number of aromatic nitrogens is 2. The second kappa shape index (κ2) is 8.75. The lowest BCUT2D eigenvalue weighted by atomic mass is 9.95. The van der Waals surface area contributed by atoms with Gasteiger partial charge in [0.25, 0.3) is 0 Å². The van der Waals surface area contributed by atoms with E-state index in [2.05, 4.69) is 20.2 Å². The van der Waals surface area contributed by atoms with E-state index in [1.165, 1.54) is 0 Å². The van der Waals surface area contributed by atoms with E-state index in [1.807, 2.05) is 20.8 Å². The summed E-state index contributed by atoms with van der Waals surface area (Å²) in [6, 6.07) is 1.91. The molecule has 0 aliphatic carbocycles. The Morgan fingerprint density at radius 3 is 2.43 bits per heavy atom. The van der Waals surface area contributed by atoms with E-state index >= 15 is 0 Å². The van der Waals surface area contributed by atoms with E-state index in [-0.39, 0.29) is 24.0 Å². The molecule has 8 heteroatoms. The number of carbonyl (C=O) groups is 2. The van der Waals surface area contributed by atoms with Gasteiger partial charge in [0.2, 0.25) is 11.9 Å². The number of amides is 2. The molecule has 2 aliphatic heterocycles. The van der Waals surface area contributed by atoms with E-state index in [0.29, 0.717) is 31.9 Å². The van der Waals surface area contributed by atoms with Crippen molar-refractivity contribution in [2.45, 2.75) is 58.1 Å². The highest BCUT2D eigenvalue weighted by Gasteiger charge is 2.31. The summed E-state index contributed by atoms with van der Waals surface area (Å²) in [5.41, 5.74) is -0.499. The van der Waals surface area contributed by atoms with Crippen LogP contribution in [0.3, 0.4) is 0 Å². The summed E-state index contributed by atoms with van der Waals surface area (Å²) in [7, 11) is 0. The second-order valence-electron chi connectivity index (χ2n) is 8.58. The van der Waals surface area contributed by atoms with Crippen LogP contribution >= 0.6 is 0 Å². The first-order valence-corrected chi connectivity index (χ1v) is 10.1. The Balaban J connectivity index is 1.46. The molecule has 0 spiro atoms. The largest absolute Gasteiger partial charge is 0.444 e. The van der Waals surface area contributed by atoms with Gasteiger partial charge in [-0.2, -0.15) is 0 Å². The van der Waals surface area contributed by atoms with Crippen LogP contribution in [-0.4, -0.2) is 64.7 Å². The molecule has 2 saturated heterocycles. The molecule has 8 nitrogen and oxygen atoms in total. The maximum absolute atomic E-state index is 12.7. The van der Waals surface area contributed by atoms with Crippen molar-refractivity contribution in [1.82, 2.24) is 20.2 Å². The van der Waals surface area contributed by atoms with Crippen molar-refractivity contribution in [3.63, 3.8) is 0 Å². The van der Waals surface area contributed by atoms with Gasteiger partial charge in [0.05, 0.1) is 0 Å². The zero-order valence-corrected chi connectivity index (χ0v) is 17.1. The number of ether oxygens (including phenoxy) is 1. The molecule has 0 radical (unpaired) electrons. The first-order chi connectivity index (χ1) is 13.3. The molecule has 0 saturated carbocycles. The summed E-state index contributed by atoms with van der Waals surface area (Å²) in [5, 5.41) is 3.20. The SMILES string of the molecule is CC(C)(C)OC(=O)N1CCC(C(=O)NC2CCCN(c3ncccn3)C2)CC1. The number of anilines is 1. The molecule has 1 aromatic rings. The summed E-state index contributed by atoms with van der Waals surface area (Å²) >= 11 is 0. The first kappa shape index (κ1) is 20.4. The first-order valence-electron chi connectivity index (χ1n) is 10.1. The van der Waals surface area contributed by atoms with Crippen molar-refractivity contribution < 1.29 is 14.3 Å². The molecular formula is C20H31N5O3. The van der Waals surface area contributed by atoms with Crippen LogP contribution in [0.5, 0.6) is 0 Å². The van der Waals surface area contributed by atoms with Gasteiger partial charge in [0, 0.05) is 50.5 Å². The van der Waals surface area contributed by atoms with Crippen molar-refractivity contribution >= 4 is 17.9 Å². The van der Waals surface area contributed by atoms with Crippen LogP contribution in [0.4, 0.5) is 10.7 Å². The van der Waals surface area contributed by atoms with E-state index in [0.717, 1.165) is 25.9 Å². The van der Waals surface area contributed by atoms with Crippen LogP contribution in [0.1, 0.15) is 46.5 Å². The molecule has 0 bridgehead atoms. The number of rotatable bonds is 3. The molecule has 28 heavy (non-hydrogen) atoms. The van der Waals surface area contributed by atoms with Crippen molar-refractivity contribution in [2.24, 2.45) is 5.92 Å². The van der Waals surface area contributed by atoms with Crippen molar-refractivity contribution in [3.05, 3.63) is 18.5 Å². The molecule has 1 N–H and O–H groups in total. The maximum Gasteiger partial charge on any atom is 0.410 e. The molecule has 1 atom stereocenters. The summed E-state index contributed by atoms with van der Waals surface area (Å²) < 4.78 is 5.42. The van der Waals surface area contributed by atoms with Crippen LogP contribution in [0.15, 0.2) is 18.5 Å². The average molecular weight is 390 g/mol. The summed E-state index contributed by atoms with van der Waals surface area (Å²) in [6.45, 7) is 8.33. The minimum Gasteiger partial charge on any atom is -0.444 e. The lowest BCUT2D eigenvalue weighted by Crippen LogP contribution is -2.51. The summed E-state index contributed by atoms with van der Waals surface area (Å²) in [5.74, 6) is 0.749. The molecular weight excluding hydrogens is 358 g/mol. The Bertz CT molecular complexity index is 668. The molecule has 0 aromatic carbocycles. The smallest absolute Gasteiger partial charge is 0.410 e. The minimum absolute atomic E-state index is 0.0537. The zero-order chi connectivity index (χ0) is 20.1. The highest BCUT2D eigenvalue weighted by Crippen LogP contribution is 2.21. The van der Waals surface area contributed by atoms with Gasteiger partial charge in [-0.1, -0.05) is 0 Å². The van der Waals surface area contributed by atoms with Crippen LogP contribution < -0.4 is 10.2 Å². The molecule has 1 aromatic heterocycles. The van der Waals surface area contributed by atoms with Crippen LogP contribution in [0.2, 0.25) is 0 Å². The fraction of sp³-hybridized carbons (Fsp3) is 0.700. The Morgan fingerprint density at radius 1 is 1.11 bits per heavy atom. The average Bonchev–Trinajstić information content (AvgIpc) is 2.68. The molecule has 154 valence electrons. The minimum atomic E-state index is -0.499. The molecule has 2 fully saturated rings. The van der Waals surface area contributed by atoms with Gasteiger partial charge < -0.3 is 19.9 Å². The van der Waals surface area contributed by atoms with Gasteiger partial charge >= 0.3 is 6.09 Å². The van der Waals surface area contributed by atoms with E-state index in [4.69, 9.17) is 4.74 Å². The number of hydrogen-bond donors (Lipinski definition) is 1. The number of nitrogens with one attached hydrogen (secondary N) is 1. The zero-order valence-electron chi connectivity index (χ0n) is 17.1. The van der Waals surface area contributed by atoms with Gasteiger partial charge in [-0.05, 0) is 52.5 Å². The topological polar surface area (TPSA) is 87.7 Å². The van der Waals surface area contributed by atoms with Crippen LogP contribution in [0, 0.1) is 5.92 Å². The molecule has 1 unspecified atom stereocenters. The standard InChI is InChI=1S/C20H31N5O3/c1-20(2,3)28-19(27)24-12-7-15(8-13-24)17(26)23-16-6-4-11-25(14-16)18-21-9-5-10-22-18/h5,9-10,15-16H,4,6-8,11-14H2,1-3H3,(H,23,26). The monoisotopic (exact) mass is 389 g/mol. The van der Waals surface area contributed by atoms with E-state index in [9.17, 15) is 9.59 Å². The van der Waals surface area contributed by atoms with E-state index in [1.54, 1.807) is 23.4 Å².